The van der Waals surface area contributed by atoms with Crippen molar-refractivity contribution in [3.8, 4) is 0 Å². The van der Waals surface area contributed by atoms with E-state index in [1.165, 1.54) is 0 Å². The van der Waals surface area contributed by atoms with Crippen LogP contribution in [0.25, 0.3) is 0 Å². The number of carbonyl (C=O) groups is 1. The van der Waals surface area contributed by atoms with Crippen LogP contribution in [-0.2, 0) is 17.9 Å². The summed E-state index contributed by atoms with van der Waals surface area (Å²) in [5, 5.41) is 6.20. The third-order valence-corrected chi connectivity index (χ3v) is 2.49. The topological polar surface area (TPSA) is 59.0 Å². The van der Waals surface area contributed by atoms with Crippen LogP contribution < -0.4 is 10.6 Å². The first-order valence-electron chi connectivity index (χ1n) is 6.43. The van der Waals surface area contributed by atoms with E-state index in [4.69, 9.17) is 0 Å². The Morgan fingerprint density at radius 2 is 2.17 bits per heavy atom. The molecule has 1 aromatic rings. The number of nitrogens with one attached hydrogen (secondary N) is 2. The van der Waals surface area contributed by atoms with Crippen LogP contribution in [0.15, 0.2) is 12.5 Å². The molecular weight excluding hydrogens is 228 g/mol. The molecule has 1 aromatic heterocycles. The lowest BCUT2D eigenvalue weighted by Gasteiger charge is -2.20. The lowest BCUT2D eigenvalue weighted by Crippen LogP contribution is -2.41. The fourth-order valence-corrected chi connectivity index (χ4v) is 1.68. The molecule has 1 amide bonds. The summed E-state index contributed by atoms with van der Waals surface area (Å²) in [4.78, 5) is 15.7. The molecule has 0 aliphatic rings. The number of carbonyl (C=O) groups excluding carboxylic acids is 1. The van der Waals surface area contributed by atoms with Gasteiger partial charge < -0.3 is 15.2 Å². The maximum atomic E-state index is 11.6. The van der Waals surface area contributed by atoms with Crippen molar-refractivity contribution in [1.29, 1.82) is 0 Å². The summed E-state index contributed by atoms with van der Waals surface area (Å²) in [6.45, 7) is 10.4. The van der Waals surface area contributed by atoms with E-state index < -0.39 is 0 Å². The van der Waals surface area contributed by atoms with Gasteiger partial charge in [-0.1, -0.05) is 0 Å². The number of aromatic nitrogens is 2. The Morgan fingerprint density at radius 3 is 2.78 bits per heavy atom. The second-order valence-corrected chi connectivity index (χ2v) is 5.40. The van der Waals surface area contributed by atoms with Crippen molar-refractivity contribution < 1.29 is 4.79 Å². The molecule has 0 aromatic carbocycles. The van der Waals surface area contributed by atoms with Gasteiger partial charge in [0.05, 0.1) is 12.0 Å². The van der Waals surface area contributed by atoms with Crippen LogP contribution in [0.2, 0.25) is 0 Å². The molecule has 5 heteroatoms. The molecule has 18 heavy (non-hydrogen) atoms. The zero-order valence-corrected chi connectivity index (χ0v) is 11.8. The zero-order chi connectivity index (χ0) is 13.6. The van der Waals surface area contributed by atoms with Crippen molar-refractivity contribution in [3.63, 3.8) is 0 Å². The Hall–Kier alpha value is -1.36. The van der Waals surface area contributed by atoms with E-state index in [0.29, 0.717) is 13.0 Å². The van der Waals surface area contributed by atoms with Gasteiger partial charge in [0.1, 0.15) is 0 Å². The maximum Gasteiger partial charge on any atom is 0.221 e. The summed E-state index contributed by atoms with van der Waals surface area (Å²) in [7, 11) is 0. The summed E-state index contributed by atoms with van der Waals surface area (Å²) in [6, 6.07) is 0. The minimum atomic E-state index is -0.155. The van der Waals surface area contributed by atoms with Gasteiger partial charge in [-0.25, -0.2) is 4.98 Å². The predicted molar refractivity (Wildman–Crippen MR) is 72.1 cm³/mol. The largest absolute Gasteiger partial charge is 0.351 e. The summed E-state index contributed by atoms with van der Waals surface area (Å²) in [6.07, 6.45) is 4.17. The standard InChI is InChI=1S/C13H24N4O/c1-5-17-10-15-9-11(17)8-14-7-6-12(18)16-13(2,3)4/h9-10,14H,5-8H2,1-4H3,(H,16,18). The molecule has 0 saturated heterocycles. The second kappa shape index (κ2) is 6.54. The Labute approximate surface area is 109 Å². The first-order chi connectivity index (χ1) is 8.42. The zero-order valence-electron chi connectivity index (χ0n) is 11.8. The number of hydrogen-bond donors (Lipinski definition) is 2. The fraction of sp³-hybridized carbons (Fsp3) is 0.692. The molecule has 0 aliphatic heterocycles. The summed E-state index contributed by atoms with van der Waals surface area (Å²) < 4.78 is 2.09. The highest BCUT2D eigenvalue weighted by Gasteiger charge is 2.12. The summed E-state index contributed by atoms with van der Waals surface area (Å²) in [5.41, 5.74) is 0.992. The van der Waals surface area contributed by atoms with Gasteiger partial charge in [-0.15, -0.1) is 0 Å². The lowest BCUT2D eigenvalue weighted by molar-refractivity contribution is -0.122. The minimum Gasteiger partial charge on any atom is -0.351 e. The number of rotatable bonds is 6. The molecule has 0 aliphatic carbocycles. The van der Waals surface area contributed by atoms with E-state index in [9.17, 15) is 4.79 Å². The van der Waals surface area contributed by atoms with E-state index in [0.717, 1.165) is 18.8 Å². The molecule has 0 radical (unpaired) electrons. The van der Waals surface area contributed by atoms with Crippen LogP contribution >= 0.6 is 0 Å². The molecule has 0 fully saturated rings. The highest BCUT2D eigenvalue weighted by atomic mass is 16.1. The predicted octanol–water partition coefficient (Wildman–Crippen LogP) is 1.30. The van der Waals surface area contributed by atoms with Crippen molar-refractivity contribution >= 4 is 5.91 Å². The van der Waals surface area contributed by atoms with Crippen molar-refractivity contribution in [1.82, 2.24) is 20.2 Å². The van der Waals surface area contributed by atoms with Gasteiger partial charge in [-0.2, -0.15) is 0 Å². The number of hydrogen-bond acceptors (Lipinski definition) is 3. The fourth-order valence-electron chi connectivity index (χ4n) is 1.68. The molecule has 2 N–H and O–H groups in total. The normalized spacial score (nSPS) is 11.6. The number of aryl methyl sites for hydroxylation is 1. The number of nitrogens with zero attached hydrogens (tertiary/aromatic N) is 2. The van der Waals surface area contributed by atoms with E-state index >= 15 is 0 Å². The van der Waals surface area contributed by atoms with Crippen LogP contribution in [0.3, 0.4) is 0 Å². The van der Waals surface area contributed by atoms with Crippen LogP contribution in [0, 0.1) is 0 Å². The van der Waals surface area contributed by atoms with Gasteiger partial charge in [-0.3, -0.25) is 4.79 Å². The van der Waals surface area contributed by atoms with E-state index in [2.05, 4.69) is 27.1 Å². The maximum absolute atomic E-state index is 11.6. The number of imidazole rings is 1. The molecule has 5 nitrogen and oxygen atoms in total. The Balaban J connectivity index is 2.21. The van der Waals surface area contributed by atoms with Crippen molar-refractivity contribution in [2.24, 2.45) is 0 Å². The molecule has 102 valence electrons. The number of amides is 1. The first-order valence-corrected chi connectivity index (χ1v) is 6.43. The molecule has 0 bridgehead atoms. The molecule has 0 spiro atoms. The Kier molecular flexibility index (Phi) is 5.34. The molecule has 0 saturated carbocycles. The van der Waals surface area contributed by atoms with Gasteiger partial charge in [0, 0.05) is 37.8 Å². The lowest BCUT2D eigenvalue weighted by atomic mass is 10.1. The molecule has 0 atom stereocenters. The average Bonchev–Trinajstić information content (AvgIpc) is 2.69. The average molecular weight is 252 g/mol. The van der Waals surface area contributed by atoms with Crippen LogP contribution in [-0.4, -0.2) is 27.5 Å². The molecular formula is C13H24N4O. The second-order valence-electron chi connectivity index (χ2n) is 5.40. The van der Waals surface area contributed by atoms with Crippen LogP contribution in [0.4, 0.5) is 0 Å². The van der Waals surface area contributed by atoms with Crippen LogP contribution in [0.1, 0.15) is 39.8 Å². The van der Waals surface area contributed by atoms with Crippen LogP contribution in [0.5, 0.6) is 0 Å². The minimum absolute atomic E-state index is 0.0824. The Bertz CT molecular complexity index is 379. The monoisotopic (exact) mass is 252 g/mol. The van der Waals surface area contributed by atoms with Crippen molar-refractivity contribution in [3.05, 3.63) is 18.2 Å². The molecule has 1 rings (SSSR count). The summed E-state index contributed by atoms with van der Waals surface area (Å²) in [5.74, 6) is 0.0824. The molecule has 1 heterocycles. The molecule has 0 unspecified atom stereocenters. The van der Waals surface area contributed by atoms with Gasteiger partial charge in [-0.05, 0) is 27.7 Å². The van der Waals surface area contributed by atoms with Gasteiger partial charge in [0.25, 0.3) is 0 Å². The van der Waals surface area contributed by atoms with Crippen molar-refractivity contribution in [2.45, 2.75) is 52.7 Å². The first kappa shape index (κ1) is 14.7. The SMILES string of the molecule is CCn1cncc1CNCCC(=O)NC(C)(C)C. The van der Waals surface area contributed by atoms with E-state index in [-0.39, 0.29) is 11.4 Å². The quantitative estimate of drug-likeness (QED) is 0.750. The van der Waals surface area contributed by atoms with Gasteiger partial charge in [0.15, 0.2) is 0 Å². The summed E-state index contributed by atoms with van der Waals surface area (Å²) >= 11 is 0. The highest BCUT2D eigenvalue weighted by Crippen LogP contribution is 2.00. The smallest absolute Gasteiger partial charge is 0.221 e. The van der Waals surface area contributed by atoms with Gasteiger partial charge >= 0.3 is 0 Å². The van der Waals surface area contributed by atoms with E-state index in [1.54, 1.807) is 0 Å². The van der Waals surface area contributed by atoms with Crippen molar-refractivity contribution in [2.75, 3.05) is 6.54 Å². The Morgan fingerprint density at radius 1 is 1.44 bits per heavy atom. The third-order valence-electron chi connectivity index (χ3n) is 2.49. The highest BCUT2D eigenvalue weighted by molar-refractivity contribution is 5.76. The van der Waals surface area contributed by atoms with Gasteiger partial charge in [0.2, 0.25) is 5.91 Å². The van der Waals surface area contributed by atoms with E-state index in [1.807, 2.05) is 33.3 Å². The third kappa shape index (κ3) is 5.31.